The number of amides is 1. The predicted molar refractivity (Wildman–Crippen MR) is 97.1 cm³/mol. The number of aryl methyl sites for hydroxylation is 1. The van der Waals surface area contributed by atoms with Crippen molar-refractivity contribution in [3.63, 3.8) is 0 Å². The van der Waals surface area contributed by atoms with Crippen LogP contribution in [0.4, 0.5) is 0 Å². The van der Waals surface area contributed by atoms with Gasteiger partial charge in [0.05, 0.1) is 7.05 Å². The van der Waals surface area contributed by atoms with Crippen LogP contribution < -0.4 is 10.3 Å². The minimum absolute atomic E-state index is 0.0261. The van der Waals surface area contributed by atoms with Crippen LogP contribution in [0.5, 0.6) is 0 Å². The first-order chi connectivity index (χ1) is 12.5. The third kappa shape index (κ3) is 2.70. The van der Waals surface area contributed by atoms with Gasteiger partial charge in [0, 0.05) is 11.8 Å². The van der Waals surface area contributed by atoms with E-state index in [9.17, 15) is 14.7 Å². The van der Waals surface area contributed by atoms with Crippen LogP contribution in [0, 0.1) is 0 Å². The summed E-state index contributed by atoms with van der Waals surface area (Å²) >= 11 is 2.87. The van der Waals surface area contributed by atoms with Gasteiger partial charge in [-0.15, -0.1) is 16.3 Å². The number of carboxylic acids is 1. The highest BCUT2D eigenvalue weighted by molar-refractivity contribution is 8.02. The standard InChI is InChI=1S/C16H15N5O3S2/c1-19-5-6-20-11(19)3-2-10(18-20)25-7-4-9-8-26-15-12(17)14(22)21(15)13(9)16(23)24/h2-7,12,15H,8,17H2,1H3/p+1/b7-4-/t12-,15-/m1/s1. The number of nitrogens with two attached hydrogens (primary N) is 1. The number of nitrogens with zero attached hydrogens (tertiary/aromatic N) is 4. The molecular formula is C16H16N5O3S2+. The van der Waals surface area contributed by atoms with Crippen LogP contribution in [0.3, 0.4) is 0 Å². The predicted octanol–water partition coefficient (Wildman–Crippen LogP) is 0.346. The van der Waals surface area contributed by atoms with Crippen molar-refractivity contribution in [3.05, 3.63) is 47.3 Å². The number of fused-ring (bicyclic) bond motifs is 2. The Labute approximate surface area is 157 Å². The Balaban J connectivity index is 1.56. The minimum atomic E-state index is -1.11. The molecule has 1 saturated heterocycles. The number of carboxylic acid groups (broad SMARTS) is 1. The van der Waals surface area contributed by atoms with Gasteiger partial charge in [0.15, 0.2) is 6.20 Å². The van der Waals surface area contributed by atoms with Crippen LogP contribution in [0.25, 0.3) is 5.65 Å². The van der Waals surface area contributed by atoms with E-state index >= 15 is 0 Å². The Hall–Kier alpha value is -2.30. The molecule has 26 heavy (non-hydrogen) atoms. The average molecular weight is 390 g/mol. The second-order valence-electron chi connectivity index (χ2n) is 5.92. The van der Waals surface area contributed by atoms with Gasteiger partial charge in [-0.25, -0.2) is 9.36 Å². The van der Waals surface area contributed by atoms with Crippen molar-refractivity contribution in [2.24, 2.45) is 12.8 Å². The van der Waals surface area contributed by atoms with Crippen LogP contribution in [0.1, 0.15) is 0 Å². The van der Waals surface area contributed by atoms with Gasteiger partial charge in [-0.3, -0.25) is 9.69 Å². The van der Waals surface area contributed by atoms with Crippen LogP contribution in [0.15, 0.2) is 52.3 Å². The van der Waals surface area contributed by atoms with Crippen molar-refractivity contribution in [1.82, 2.24) is 14.5 Å². The number of carbonyl (C=O) groups excluding carboxylic acids is 1. The quantitative estimate of drug-likeness (QED) is 0.441. The average Bonchev–Trinajstić information content (AvgIpc) is 3.00. The van der Waals surface area contributed by atoms with Crippen molar-refractivity contribution in [1.29, 1.82) is 0 Å². The zero-order valence-electron chi connectivity index (χ0n) is 13.8. The lowest BCUT2D eigenvalue weighted by Gasteiger charge is -2.47. The van der Waals surface area contributed by atoms with Crippen molar-refractivity contribution >= 4 is 41.0 Å². The highest BCUT2D eigenvalue weighted by Crippen LogP contribution is 2.40. The van der Waals surface area contributed by atoms with Gasteiger partial charge in [0.1, 0.15) is 28.3 Å². The molecule has 4 rings (SSSR count). The smallest absolute Gasteiger partial charge is 0.352 e. The number of thioether (sulfide) groups is 2. The third-order valence-corrected chi connectivity index (χ3v) is 6.36. The van der Waals surface area contributed by atoms with Crippen LogP contribution in [0.2, 0.25) is 0 Å². The fourth-order valence-electron chi connectivity index (χ4n) is 2.96. The molecule has 1 fully saturated rings. The molecule has 2 aromatic rings. The summed E-state index contributed by atoms with van der Waals surface area (Å²) in [6, 6.07) is 3.25. The molecule has 2 aliphatic rings. The summed E-state index contributed by atoms with van der Waals surface area (Å²) in [6.45, 7) is 0. The number of allylic oxidation sites excluding steroid dienone is 1. The summed E-state index contributed by atoms with van der Waals surface area (Å²) < 4.78 is 3.74. The number of hydrogen-bond donors (Lipinski definition) is 2. The molecule has 0 radical (unpaired) electrons. The number of aliphatic carboxylic acids is 1. The maximum Gasteiger partial charge on any atom is 0.352 e. The normalized spacial score (nSPS) is 22.8. The van der Waals surface area contributed by atoms with Crippen molar-refractivity contribution < 1.29 is 19.3 Å². The lowest BCUT2D eigenvalue weighted by molar-refractivity contribution is -0.644. The zero-order valence-corrected chi connectivity index (χ0v) is 15.4. The summed E-state index contributed by atoms with van der Waals surface area (Å²) in [4.78, 5) is 24.8. The van der Waals surface area contributed by atoms with E-state index in [0.29, 0.717) is 11.3 Å². The van der Waals surface area contributed by atoms with E-state index in [1.807, 2.05) is 36.1 Å². The van der Waals surface area contributed by atoms with E-state index in [0.717, 1.165) is 10.7 Å². The molecule has 134 valence electrons. The molecule has 0 spiro atoms. The van der Waals surface area contributed by atoms with Gasteiger partial charge in [-0.2, -0.15) is 0 Å². The Bertz CT molecular complexity index is 983. The van der Waals surface area contributed by atoms with Crippen molar-refractivity contribution in [2.75, 3.05) is 5.75 Å². The second-order valence-corrected chi connectivity index (χ2v) is 7.95. The van der Waals surface area contributed by atoms with Gasteiger partial charge in [0.25, 0.3) is 0 Å². The largest absolute Gasteiger partial charge is 0.477 e. The summed E-state index contributed by atoms with van der Waals surface area (Å²) in [5.41, 5.74) is 7.34. The van der Waals surface area contributed by atoms with Gasteiger partial charge < -0.3 is 10.8 Å². The molecule has 0 aliphatic carbocycles. The molecule has 4 heterocycles. The fraction of sp³-hybridized carbons (Fsp3) is 0.250. The Kier molecular flexibility index (Phi) is 4.25. The van der Waals surface area contributed by atoms with Gasteiger partial charge >= 0.3 is 11.6 Å². The fourth-order valence-corrected chi connectivity index (χ4v) is 4.88. The lowest BCUT2D eigenvalue weighted by atomic mass is 10.0. The Morgan fingerprint density at radius 1 is 1.54 bits per heavy atom. The topological polar surface area (TPSA) is 105 Å². The molecule has 2 aromatic heterocycles. The minimum Gasteiger partial charge on any atom is -0.477 e. The summed E-state index contributed by atoms with van der Waals surface area (Å²) in [6.07, 6.45) is 5.52. The maximum absolute atomic E-state index is 11.9. The number of aromatic nitrogens is 3. The van der Waals surface area contributed by atoms with Crippen molar-refractivity contribution in [2.45, 2.75) is 16.4 Å². The first kappa shape index (κ1) is 17.1. The molecular weight excluding hydrogens is 374 g/mol. The van der Waals surface area contributed by atoms with E-state index in [1.54, 1.807) is 16.0 Å². The van der Waals surface area contributed by atoms with E-state index in [2.05, 4.69) is 5.10 Å². The summed E-state index contributed by atoms with van der Waals surface area (Å²) in [5.74, 6) is -0.953. The SMILES string of the molecule is C[n+]1ccn2nc(S/C=C\C3=C(C(=O)O)N4C(=O)[C@@H](N)[C@H]4SC3)ccc21. The molecule has 2 aliphatic heterocycles. The first-order valence-electron chi connectivity index (χ1n) is 7.81. The molecule has 3 N–H and O–H groups in total. The van der Waals surface area contributed by atoms with Crippen molar-refractivity contribution in [3.8, 4) is 0 Å². The van der Waals surface area contributed by atoms with E-state index < -0.39 is 12.0 Å². The Morgan fingerprint density at radius 3 is 3.12 bits per heavy atom. The molecule has 1 amide bonds. The maximum atomic E-state index is 11.9. The molecule has 10 heteroatoms. The van der Waals surface area contributed by atoms with Gasteiger partial charge in [0.2, 0.25) is 5.91 Å². The number of carbonyl (C=O) groups is 2. The van der Waals surface area contributed by atoms with Crippen LogP contribution in [-0.2, 0) is 16.6 Å². The summed E-state index contributed by atoms with van der Waals surface area (Å²) in [5, 5.41) is 16.3. The highest BCUT2D eigenvalue weighted by atomic mass is 32.2. The summed E-state index contributed by atoms with van der Waals surface area (Å²) in [7, 11) is 1.95. The number of hydrogen-bond acceptors (Lipinski definition) is 6. The molecule has 0 aromatic carbocycles. The highest BCUT2D eigenvalue weighted by Gasteiger charge is 2.51. The monoisotopic (exact) mass is 390 g/mol. The second kappa shape index (κ2) is 6.45. The molecule has 0 bridgehead atoms. The molecule has 0 unspecified atom stereocenters. The van der Waals surface area contributed by atoms with Gasteiger partial charge in [-0.1, -0.05) is 16.9 Å². The Morgan fingerprint density at radius 2 is 2.35 bits per heavy atom. The molecule has 0 saturated carbocycles. The van der Waals surface area contributed by atoms with Gasteiger partial charge in [-0.05, 0) is 23.1 Å². The van der Waals surface area contributed by atoms with E-state index in [4.69, 9.17) is 5.73 Å². The zero-order chi connectivity index (χ0) is 18.4. The first-order valence-corrected chi connectivity index (χ1v) is 9.74. The number of β-lactam (4-membered cyclic amide) rings is 1. The van der Waals surface area contributed by atoms with Crippen LogP contribution >= 0.6 is 23.5 Å². The van der Waals surface area contributed by atoms with Crippen LogP contribution in [-0.4, -0.2) is 48.7 Å². The van der Waals surface area contributed by atoms with E-state index in [-0.39, 0.29) is 17.0 Å². The molecule has 2 atom stereocenters. The van der Waals surface area contributed by atoms with E-state index in [1.165, 1.54) is 28.4 Å². The molecule has 8 nitrogen and oxygen atoms in total. The number of imidazole rings is 1. The third-order valence-electron chi connectivity index (χ3n) is 4.31. The number of rotatable bonds is 4. The lowest BCUT2D eigenvalue weighted by Crippen LogP contribution is -2.68.